The zero-order chi connectivity index (χ0) is 26.5. The lowest BCUT2D eigenvalue weighted by Gasteiger charge is -2.18. The summed E-state index contributed by atoms with van der Waals surface area (Å²) in [5.41, 5.74) is 4.48. The number of esters is 1. The molecule has 0 unspecified atom stereocenters. The summed E-state index contributed by atoms with van der Waals surface area (Å²) in [6, 6.07) is 20.3. The van der Waals surface area contributed by atoms with Crippen molar-refractivity contribution in [3.63, 3.8) is 0 Å². The van der Waals surface area contributed by atoms with E-state index < -0.39 is 0 Å². The van der Waals surface area contributed by atoms with E-state index in [2.05, 4.69) is 10.3 Å². The minimum absolute atomic E-state index is 0.00817. The van der Waals surface area contributed by atoms with Crippen molar-refractivity contribution in [3.05, 3.63) is 93.6 Å². The van der Waals surface area contributed by atoms with Crippen LogP contribution < -0.4 is 19.6 Å². The van der Waals surface area contributed by atoms with Crippen LogP contribution >= 0.6 is 11.3 Å². The van der Waals surface area contributed by atoms with E-state index in [1.165, 1.54) is 18.4 Å². The first kappa shape index (κ1) is 25.0. The molecule has 1 aromatic heterocycles. The average Bonchev–Trinajstić information content (AvgIpc) is 3.37. The number of ether oxygens (including phenoxy) is 3. The van der Waals surface area contributed by atoms with Crippen LogP contribution in [0.2, 0.25) is 0 Å². The maximum atomic E-state index is 11.8. The van der Waals surface area contributed by atoms with Crippen LogP contribution in [0, 0.1) is 0 Å². The van der Waals surface area contributed by atoms with Crippen LogP contribution in [0.25, 0.3) is 11.3 Å². The van der Waals surface area contributed by atoms with E-state index >= 15 is 0 Å². The monoisotopic (exact) mass is 528 g/mol. The SMILES string of the molecule is CN=c1scc(-c2ccc3c(c2)NC(=O)CO3)n1N=Cc1ccccc1OCc1ccc(C(=O)OC)cc1. The number of benzene rings is 3. The number of hydrogen-bond donors (Lipinski definition) is 1. The molecule has 10 heteroatoms. The smallest absolute Gasteiger partial charge is 0.337 e. The number of nitrogens with zero attached hydrogens (tertiary/aromatic N) is 3. The number of anilines is 1. The van der Waals surface area contributed by atoms with Crippen LogP contribution in [0.1, 0.15) is 21.5 Å². The Morgan fingerprint density at radius 1 is 1.16 bits per heavy atom. The number of carbonyl (C=O) groups is 2. The van der Waals surface area contributed by atoms with Crippen molar-refractivity contribution in [1.82, 2.24) is 4.68 Å². The fourth-order valence-corrected chi connectivity index (χ4v) is 4.66. The predicted molar refractivity (Wildman–Crippen MR) is 145 cm³/mol. The maximum absolute atomic E-state index is 11.8. The number of carbonyl (C=O) groups excluding carboxylic acids is 2. The number of nitrogens with one attached hydrogen (secondary N) is 1. The molecule has 1 amide bonds. The summed E-state index contributed by atoms with van der Waals surface area (Å²) in [5.74, 6) is 0.724. The highest BCUT2D eigenvalue weighted by atomic mass is 32.1. The van der Waals surface area contributed by atoms with Gasteiger partial charge in [0, 0.05) is 23.6 Å². The van der Waals surface area contributed by atoms with Gasteiger partial charge in [-0.15, -0.1) is 11.3 Å². The number of fused-ring (bicyclic) bond motifs is 1. The van der Waals surface area contributed by atoms with Gasteiger partial charge in [-0.3, -0.25) is 9.79 Å². The van der Waals surface area contributed by atoms with E-state index in [9.17, 15) is 9.59 Å². The van der Waals surface area contributed by atoms with E-state index in [-0.39, 0.29) is 18.5 Å². The van der Waals surface area contributed by atoms with Gasteiger partial charge in [-0.05, 0) is 48.0 Å². The number of thiazole rings is 1. The third-order valence-corrected chi connectivity index (χ3v) is 6.69. The molecule has 1 N–H and O–H groups in total. The van der Waals surface area contributed by atoms with Crippen molar-refractivity contribution in [2.45, 2.75) is 6.61 Å². The second-order valence-corrected chi connectivity index (χ2v) is 9.08. The average molecular weight is 529 g/mol. The molecular formula is C28H24N4O5S. The molecule has 4 aromatic rings. The molecule has 38 heavy (non-hydrogen) atoms. The predicted octanol–water partition coefficient (Wildman–Crippen LogP) is 4.33. The van der Waals surface area contributed by atoms with E-state index in [1.54, 1.807) is 30.1 Å². The fraction of sp³-hybridized carbons (Fsp3) is 0.143. The number of aromatic nitrogens is 1. The Bertz CT molecular complexity index is 1590. The molecular weight excluding hydrogens is 504 g/mol. The molecule has 1 aliphatic heterocycles. The number of hydrogen-bond acceptors (Lipinski definition) is 8. The number of methoxy groups -OCH3 is 1. The Hall–Kier alpha value is -4.70. The highest BCUT2D eigenvalue weighted by molar-refractivity contribution is 7.07. The Balaban J connectivity index is 1.39. The first-order valence-corrected chi connectivity index (χ1v) is 12.6. The highest BCUT2D eigenvalue weighted by Crippen LogP contribution is 2.33. The van der Waals surface area contributed by atoms with Crippen molar-refractivity contribution < 1.29 is 23.8 Å². The molecule has 0 saturated carbocycles. The summed E-state index contributed by atoms with van der Waals surface area (Å²) < 4.78 is 18.0. The summed E-state index contributed by atoms with van der Waals surface area (Å²) in [4.78, 5) is 28.5. The van der Waals surface area contributed by atoms with Crippen molar-refractivity contribution in [2.75, 3.05) is 26.1 Å². The van der Waals surface area contributed by atoms with Gasteiger partial charge in [0.25, 0.3) is 5.91 Å². The second kappa shape index (κ2) is 11.1. The van der Waals surface area contributed by atoms with Crippen LogP contribution in [0.3, 0.4) is 0 Å². The second-order valence-electron chi connectivity index (χ2n) is 8.25. The lowest BCUT2D eigenvalue weighted by Crippen LogP contribution is -2.25. The Morgan fingerprint density at radius 3 is 2.76 bits per heavy atom. The highest BCUT2D eigenvalue weighted by Gasteiger charge is 2.18. The fourth-order valence-electron chi connectivity index (χ4n) is 3.86. The quantitative estimate of drug-likeness (QED) is 0.284. The van der Waals surface area contributed by atoms with Gasteiger partial charge >= 0.3 is 5.97 Å². The van der Waals surface area contributed by atoms with Gasteiger partial charge in [-0.2, -0.15) is 5.10 Å². The zero-order valence-corrected chi connectivity index (χ0v) is 21.5. The molecule has 0 radical (unpaired) electrons. The van der Waals surface area contributed by atoms with Gasteiger partial charge < -0.3 is 19.5 Å². The summed E-state index contributed by atoms with van der Waals surface area (Å²) >= 11 is 1.46. The third-order valence-electron chi connectivity index (χ3n) is 5.79. The summed E-state index contributed by atoms with van der Waals surface area (Å²) in [5, 5.41) is 9.53. The molecule has 0 atom stereocenters. The minimum atomic E-state index is -0.379. The van der Waals surface area contributed by atoms with E-state index in [0.717, 1.165) is 22.4 Å². The first-order chi connectivity index (χ1) is 18.6. The molecule has 1 aliphatic rings. The van der Waals surface area contributed by atoms with Crippen molar-refractivity contribution in [1.29, 1.82) is 0 Å². The Labute approximate surface area is 222 Å². The maximum Gasteiger partial charge on any atom is 0.337 e. The van der Waals surface area contributed by atoms with Crippen LogP contribution in [0.4, 0.5) is 5.69 Å². The molecule has 2 heterocycles. The molecule has 0 fully saturated rings. The van der Waals surface area contributed by atoms with E-state index in [1.807, 2.05) is 60.0 Å². The van der Waals surface area contributed by atoms with E-state index in [0.29, 0.717) is 34.2 Å². The Morgan fingerprint density at radius 2 is 1.97 bits per heavy atom. The van der Waals surface area contributed by atoms with Crippen LogP contribution in [0.15, 0.2) is 82.2 Å². The molecule has 9 nitrogen and oxygen atoms in total. The van der Waals surface area contributed by atoms with Crippen LogP contribution in [-0.4, -0.2) is 43.5 Å². The minimum Gasteiger partial charge on any atom is -0.488 e. The molecule has 5 rings (SSSR count). The molecule has 0 spiro atoms. The lowest BCUT2D eigenvalue weighted by atomic mass is 10.1. The number of para-hydroxylation sites is 1. The van der Waals surface area contributed by atoms with Gasteiger partial charge in [-0.25, -0.2) is 9.47 Å². The zero-order valence-electron chi connectivity index (χ0n) is 20.7. The van der Waals surface area contributed by atoms with Crippen LogP contribution in [-0.2, 0) is 16.1 Å². The summed E-state index contributed by atoms with van der Waals surface area (Å²) in [6.07, 6.45) is 1.73. The molecule has 3 aromatic carbocycles. The van der Waals surface area contributed by atoms with Gasteiger partial charge in [0.15, 0.2) is 6.61 Å². The van der Waals surface area contributed by atoms with Crippen molar-refractivity contribution >= 4 is 35.1 Å². The topological polar surface area (TPSA) is 104 Å². The van der Waals surface area contributed by atoms with Gasteiger partial charge in [0.05, 0.1) is 30.3 Å². The van der Waals surface area contributed by atoms with Crippen LogP contribution in [0.5, 0.6) is 11.5 Å². The standard InChI is InChI=1S/C28H24N4O5S/c1-29-28-32(23(17-38-28)20-11-12-25-22(13-20)31-26(33)16-37-25)30-14-21-5-3-4-6-24(21)36-15-18-7-9-19(10-8-18)27(34)35-2/h3-14,17H,15-16H2,1-2H3,(H,31,33). The third kappa shape index (κ3) is 5.35. The Kier molecular flexibility index (Phi) is 7.32. The van der Waals surface area contributed by atoms with Crippen molar-refractivity contribution in [3.8, 4) is 22.8 Å². The largest absolute Gasteiger partial charge is 0.488 e. The number of amides is 1. The molecule has 0 aliphatic carbocycles. The number of rotatable bonds is 7. The molecule has 0 bridgehead atoms. The summed E-state index contributed by atoms with van der Waals surface area (Å²) in [7, 11) is 3.07. The molecule has 192 valence electrons. The lowest BCUT2D eigenvalue weighted by molar-refractivity contribution is -0.118. The van der Waals surface area contributed by atoms with Gasteiger partial charge in [0.2, 0.25) is 4.80 Å². The molecule has 0 saturated heterocycles. The van der Waals surface area contributed by atoms with Crippen molar-refractivity contribution in [2.24, 2.45) is 10.1 Å². The van der Waals surface area contributed by atoms with Gasteiger partial charge in [-0.1, -0.05) is 24.3 Å². The first-order valence-electron chi connectivity index (χ1n) is 11.7. The van der Waals surface area contributed by atoms with E-state index in [4.69, 9.17) is 19.3 Å². The van der Waals surface area contributed by atoms with Gasteiger partial charge in [0.1, 0.15) is 18.1 Å². The normalized spacial score (nSPS) is 13.1. The summed E-state index contributed by atoms with van der Waals surface area (Å²) in [6.45, 7) is 0.329.